The number of halogens is 1. The highest BCUT2D eigenvalue weighted by molar-refractivity contribution is 6.32. The quantitative estimate of drug-likeness (QED) is 0.686. The van der Waals surface area contributed by atoms with Crippen molar-refractivity contribution < 1.29 is 9.47 Å². The Kier molecular flexibility index (Phi) is 5.84. The molecule has 0 atom stereocenters. The van der Waals surface area contributed by atoms with Crippen LogP contribution in [0.3, 0.4) is 0 Å². The number of ether oxygens (including phenoxy) is 2. The van der Waals surface area contributed by atoms with Crippen molar-refractivity contribution in [2.75, 3.05) is 38.8 Å². The number of anilines is 1. The lowest BCUT2D eigenvalue weighted by molar-refractivity contribution is 0.0759. The maximum atomic E-state index is 11.1. The summed E-state index contributed by atoms with van der Waals surface area (Å²) in [6.45, 7) is 2.16. The largest absolute Gasteiger partial charge is 0.382 e. The van der Waals surface area contributed by atoms with E-state index in [-0.39, 0.29) is 5.02 Å². The van der Waals surface area contributed by atoms with Crippen LogP contribution < -0.4 is 10.9 Å². The number of hydrogen-bond donors (Lipinski definition) is 2. The summed E-state index contributed by atoms with van der Waals surface area (Å²) in [6.07, 6.45) is 1.46. The van der Waals surface area contributed by atoms with Gasteiger partial charge in [0.25, 0.3) is 5.56 Å². The summed E-state index contributed by atoms with van der Waals surface area (Å²) in [4.78, 5) is 11.1. The van der Waals surface area contributed by atoms with Crippen molar-refractivity contribution in [3.8, 4) is 0 Å². The minimum atomic E-state index is -0.410. The van der Waals surface area contributed by atoms with Gasteiger partial charge in [0.15, 0.2) is 0 Å². The van der Waals surface area contributed by atoms with Crippen molar-refractivity contribution in [3.63, 3.8) is 0 Å². The van der Waals surface area contributed by atoms with E-state index in [1.165, 1.54) is 6.20 Å². The van der Waals surface area contributed by atoms with E-state index in [0.29, 0.717) is 32.1 Å². The van der Waals surface area contributed by atoms with Gasteiger partial charge in [-0.15, -0.1) is 0 Å². The van der Waals surface area contributed by atoms with E-state index < -0.39 is 5.56 Å². The van der Waals surface area contributed by atoms with Crippen LogP contribution in [-0.2, 0) is 9.47 Å². The summed E-state index contributed by atoms with van der Waals surface area (Å²) in [5.74, 6) is 0. The van der Waals surface area contributed by atoms with Crippen molar-refractivity contribution in [2.45, 2.75) is 0 Å². The molecule has 0 amide bonds. The molecule has 90 valence electrons. The molecule has 0 unspecified atom stereocenters. The van der Waals surface area contributed by atoms with E-state index in [1.54, 1.807) is 7.11 Å². The van der Waals surface area contributed by atoms with Crippen LogP contribution in [0.1, 0.15) is 0 Å². The first-order chi connectivity index (χ1) is 7.75. The number of nitrogens with one attached hydrogen (secondary N) is 2. The molecule has 0 fully saturated rings. The van der Waals surface area contributed by atoms with E-state index in [0.717, 1.165) is 0 Å². The average molecular weight is 248 g/mol. The molecule has 1 aromatic heterocycles. The second-order valence-electron chi connectivity index (χ2n) is 2.96. The maximum absolute atomic E-state index is 11.1. The van der Waals surface area contributed by atoms with Gasteiger partial charge in [-0.05, 0) is 0 Å². The summed E-state index contributed by atoms with van der Waals surface area (Å²) in [7, 11) is 1.61. The van der Waals surface area contributed by atoms with Crippen LogP contribution in [-0.4, -0.2) is 43.7 Å². The molecule has 16 heavy (non-hydrogen) atoms. The van der Waals surface area contributed by atoms with Gasteiger partial charge in [-0.3, -0.25) is 4.79 Å². The molecule has 0 bridgehead atoms. The monoisotopic (exact) mass is 247 g/mol. The third-order valence-corrected chi connectivity index (χ3v) is 2.16. The molecule has 0 saturated heterocycles. The van der Waals surface area contributed by atoms with Crippen LogP contribution in [0.4, 0.5) is 5.69 Å². The summed E-state index contributed by atoms with van der Waals surface area (Å²) in [5, 5.41) is 8.92. The predicted octanol–water partition coefficient (Wildman–Crippen LogP) is 0.498. The second-order valence-corrected chi connectivity index (χ2v) is 3.34. The molecule has 0 spiro atoms. The fourth-order valence-electron chi connectivity index (χ4n) is 1.01. The van der Waals surface area contributed by atoms with Gasteiger partial charge in [-0.1, -0.05) is 11.6 Å². The summed E-state index contributed by atoms with van der Waals surface area (Å²) in [5.41, 5.74) is 0.0905. The van der Waals surface area contributed by atoms with Crippen molar-refractivity contribution in [3.05, 3.63) is 21.6 Å². The lowest BCUT2D eigenvalue weighted by Gasteiger charge is -2.07. The average Bonchev–Trinajstić information content (AvgIpc) is 2.29. The molecule has 2 N–H and O–H groups in total. The molecule has 0 radical (unpaired) electrons. The van der Waals surface area contributed by atoms with Gasteiger partial charge in [-0.25, -0.2) is 5.10 Å². The molecule has 0 aliphatic carbocycles. The molecule has 1 aromatic rings. The van der Waals surface area contributed by atoms with Crippen LogP contribution >= 0.6 is 11.6 Å². The number of rotatable bonds is 7. The third kappa shape index (κ3) is 4.18. The van der Waals surface area contributed by atoms with Gasteiger partial charge >= 0.3 is 0 Å². The minimum Gasteiger partial charge on any atom is -0.382 e. The van der Waals surface area contributed by atoms with Crippen LogP contribution in [0.2, 0.25) is 5.02 Å². The van der Waals surface area contributed by atoms with Crippen molar-refractivity contribution >= 4 is 17.3 Å². The lowest BCUT2D eigenvalue weighted by atomic mass is 10.4. The Bertz CT molecular complexity index is 369. The number of nitrogens with zero attached hydrogens (tertiary/aromatic N) is 1. The molecule has 0 saturated carbocycles. The van der Waals surface area contributed by atoms with Crippen LogP contribution in [0.25, 0.3) is 0 Å². The fourth-order valence-corrected chi connectivity index (χ4v) is 1.17. The van der Waals surface area contributed by atoms with Crippen LogP contribution in [0.15, 0.2) is 11.0 Å². The molecule has 0 aliphatic heterocycles. The Balaban J connectivity index is 2.27. The topological polar surface area (TPSA) is 76.2 Å². The zero-order valence-corrected chi connectivity index (χ0v) is 9.71. The Morgan fingerprint density at radius 3 is 3.06 bits per heavy atom. The van der Waals surface area contributed by atoms with Gasteiger partial charge < -0.3 is 14.8 Å². The highest BCUT2D eigenvalue weighted by Crippen LogP contribution is 2.13. The zero-order chi connectivity index (χ0) is 11.8. The highest BCUT2D eigenvalue weighted by Gasteiger charge is 2.03. The van der Waals surface area contributed by atoms with E-state index in [2.05, 4.69) is 15.5 Å². The first kappa shape index (κ1) is 13.0. The smallest absolute Gasteiger partial charge is 0.285 e. The molecule has 0 aromatic carbocycles. The molecule has 6 nitrogen and oxygen atoms in total. The Labute approximate surface area is 97.9 Å². The van der Waals surface area contributed by atoms with Crippen molar-refractivity contribution in [1.82, 2.24) is 10.2 Å². The van der Waals surface area contributed by atoms with E-state index in [9.17, 15) is 4.79 Å². The Morgan fingerprint density at radius 2 is 2.31 bits per heavy atom. The number of hydrogen-bond acceptors (Lipinski definition) is 5. The molecular formula is C9H14ClN3O3. The number of H-pyrrole nitrogens is 1. The van der Waals surface area contributed by atoms with Crippen molar-refractivity contribution in [1.29, 1.82) is 0 Å². The van der Waals surface area contributed by atoms with Crippen LogP contribution in [0.5, 0.6) is 0 Å². The SMILES string of the molecule is COCCOCCNc1cn[nH]c(=O)c1Cl. The summed E-state index contributed by atoms with van der Waals surface area (Å²) in [6, 6.07) is 0. The first-order valence-corrected chi connectivity index (χ1v) is 5.17. The minimum absolute atomic E-state index is 0.104. The van der Waals surface area contributed by atoms with E-state index in [1.807, 2.05) is 0 Å². The number of aromatic nitrogens is 2. The number of aromatic amines is 1. The number of methoxy groups -OCH3 is 1. The Hall–Kier alpha value is -1.11. The van der Waals surface area contributed by atoms with Gasteiger partial charge in [0.05, 0.1) is 31.7 Å². The second kappa shape index (κ2) is 7.21. The van der Waals surface area contributed by atoms with E-state index >= 15 is 0 Å². The molecule has 1 rings (SSSR count). The standard InChI is InChI=1S/C9H14ClN3O3/c1-15-4-5-16-3-2-11-7-6-12-13-9(14)8(7)10/h6H,2-5H2,1H3,(H2,11,13,14). The normalized spacial score (nSPS) is 10.4. The lowest BCUT2D eigenvalue weighted by Crippen LogP contribution is -2.15. The predicted molar refractivity (Wildman–Crippen MR) is 61.1 cm³/mol. The van der Waals surface area contributed by atoms with Gasteiger partial charge in [0.2, 0.25) is 0 Å². The first-order valence-electron chi connectivity index (χ1n) is 4.79. The Morgan fingerprint density at radius 1 is 1.50 bits per heavy atom. The zero-order valence-electron chi connectivity index (χ0n) is 8.96. The highest BCUT2D eigenvalue weighted by atomic mass is 35.5. The molecular weight excluding hydrogens is 234 g/mol. The van der Waals surface area contributed by atoms with E-state index in [4.69, 9.17) is 21.1 Å². The third-order valence-electron chi connectivity index (χ3n) is 1.79. The van der Waals surface area contributed by atoms with Gasteiger partial charge in [0.1, 0.15) is 5.02 Å². The van der Waals surface area contributed by atoms with Crippen LogP contribution in [0, 0.1) is 0 Å². The maximum Gasteiger partial charge on any atom is 0.285 e. The van der Waals surface area contributed by atoms with Gasteiger partial charge in [0, 0.05) is 13.7 Å². The van der Waals surface area contributed by atoms with Crippen molar-refractivity contribution in [2.24, 2.45) is 0 Å². The summed E-state index contributed by atoms with van der Waals surface area (Å²) < 4.78 is 10.0. The molecule has 7 heteroatoms. The fraction of sp³-hybridized carbons (Fsp3) is 0.556. The molecule has 1 heterocycles. The summed E-state index contributed by atoms with van der Waals surface area (Å²) >= 11 is 5.75. The van der Waals surface area contributed by atoms with Gasteiger partial charge in [-0.2, -0.15) is 5.10 Å². The molecule has 0 aliphatic rings.